The molecule has 0 radical (unpaired) electrons. The molecule has 2 aromatic carbocycles. The molecule has 2 aliphatic rings. The van der Waals surface area contributed by atoms with Gasteiger partial charge in [0, 0.05) is 22.2 Å². The van der Waals surface area contributed by atoms with Gasteiger partial charge in [0.2, 0.25) is 0 Å². The maximum absolute atomic E-state index is 12.9. The molecule has 1 atom stereocenters. The van der Waals surface area contributed by atoms with Gasteiger partial charge in [0.05, 0.1) is 11.4 Å². The summed E-state index contributed by atoms with van der Waals surface area (Å²) in [6, 6.07) is 14.1. The van der Waals surface area contributed by atoms with E-state index in [1.165, 1.54) is 16.2 Å². The number of anilines is 1. The van der Waals surface area contributed by atoms with Crippen LogP contribution in [0, 0.1) is 0 Å². The highest BCUT2D eigenvalue weighted by Crippen LogP contribution is 2.44. The summed E-state index contributed by atoms with van der Waals surface area (Å²) >= 11 is 4.43. The van der Waals surface area contributed by atoms with E-state index in [1.54, 1.807) is 0 Å². The van der Waals surface area contributed by atoms with Gasteiger partial charge < -0.3 is 4.90 Å². The summed E-state index contributed by atoms with van der Waals surface area (Å²) in [6.07, 6.45) is 2.94. The van der Waals surface area contributed by atoms with Crippen molar-refractivity contribution in [1.29, 1.82) is 0 Å². The minimum atomic E-state index is -0.222. The Bertz CT molecular complexity index is 1060. The number of imide groups is 1. The average Bonchev–Trinajstić information content (AvgIpc) is 2.97. The number of amides is 2. The number of carbonyl (C=O) groups excluding carboxylic acids is 2. The standard InChI is InChI=1S/C25H27BrN2O2S/c1-5-28-21-11-8-18(12-20(21)16(2)14-25(28,3)4)13-22-23(29)27(24(30)31-22)15-17-6-9-19(26)10-7-17/h6-13,16H,5,14-15H2,1-4H3/b22-13-/t16-/m0/s1. The van der Waals surface area contributed by atoms with Crippen LogP contribution in [-0.2, 0) is 11.3 Å². The van der Waals surface area contributed by atoms with Crippen LogP contribution in [0.25, 0.3) is 6.08 Å². The van der Waals surface area contributed by atoms with E-state index in [4.69, 9.17) is 0 Å². The van der Waals surface area contributed by atoms with Crippen LogP contribution in [0.4, 0.5) is 10.5 Å². The maximum atomic E-state index is 12.9. The molecule has 1 fully saturated rings. The summed E-state index contributed by atoms with van der Waals surface area (Å²) in [5.74, 6) is 0.216. The van der Waals surface area contributed by atoms with E-state index in [1.807, 2.05) is 30.3 Å². The largest absolute Gasteiger partial charge is 0.366 e. The molecule has 0 bridgehead atoms. The van der Waals surface area contributed by atoms with Gasteiger partial charge in [0.25, 0.3) is 11.1 Å². The monoisotopic (exact) mass is 498 g/mol. The van der Waals surface area contributed by atoms with Crippen molar-refractivity contribution in [2.75, 3.05) is 11.4 Å². The molecule has 0 saturated carbocycles. The van der Waals surface area contributed by atoms with Crippen molar-refractivity contribution in [1.82, 2.24) is 4.90 Å². The van der Waals surface area contributed by atoms with Gasteiger partial charge in [-0.3, -0.25) is 14.5 Å². The predicted molar refractivity (Wildman–Crippen MR) is 132 cm³/mol. The Labute approximate surface area is 196 Å². The summed E-state index contributed by atoms with van der Waals surface area (Å²) in [5, 5.41) is -0.218. The second-order valence-corrected chi connectivity index (χ2v) is 10.8. The van der Waals surface area contributed by atoms with Crippen molar-refractivity contribution in [3.05, 3.63) is 68.5 Å². The fourth-order valence-electron chi connectivity index (χ4n) is 4.76. The number of rotatable bonds is 4. The molecular weight excluding hydrogens is 472 g/mol. The fourth-order valence-corrected chi connectivity index (χ4v) is 5.86. The summed E-state index contributed by atoms with van der Waals surface area (Å²) in [5.41, 5.74) is 4.60. The number of fused-ring (bicyclic) bond motifs is 1. The summed E-state index contributed by atoms with van der Waals surface area (Å²) < 4.78 is 0.969. The summed E-state index contributed by atoms with van der Waals surface area (Å²) in [6.45, 7) is 10.3. The molecule has 2 heterocycles. The van der Waals surface area contributed by atoms with E-state index in [-0.39, 0.29) is 23.2 Å². The molecule has 0 N–H and O–H groups in total. The molecule has 162 valence electrons. The normalized spacial score (nSPS) is 21.7. The lowest BCUT2D eigenvalue weighted by Gasteiger charge is -2.47. The van der Waals surface area contributed by atoms with E-state index >= 15 is 0 Å². The highest BCUT2D eigenvalue weighted by atomic mass is 79.9. The Kier molecular flexibility index (Phi) is 6.05. The van der Waals surface area contributed by atoms with Crippen molar-refractivity contribution in [2.24, 2.45) is 0 Å². The third kappa shape index (κ3) is 4.33. The van der Waals surface area contributed by atoms with Gasteiger partial charge in [0.15, 0.2) is 0 Å². The van der Waals surface area contributed by atoms with Gasteiger partial charge in [-0.1, -0.05) is 41.1 Å². The second-order valence-electron chi connectivity index (χ2n) is 8.87. The SMILES string of the molecule is CCN1c2ccc(/C=C3\SC(=O)N(Cc4ccc(Br)cc4)C3=O)cc2[C@@H](C)CC1(C)C. The maximum Gasteiger partial charge on any atom is 0.293 e. The Balaban J connectivity index is 1.59. The van der Waals surface area contributed by atoms with E-state index in [9.17, 15) is 9.59 Å². The van der Waals surface area contributed by atoms with Crippen LogP contribution in [0.3, 0.4) is 0 Å². The van der Waals surface area contributed by atoms with Crippen molar-refractivity contribution >= 4 is 50.6 Å². The Hall–Kier alpha value is -2.05. The van der Waals surface area contributed by atoms with Crippen LogP contribution in [0.5, 0.6) is 0 Å². The van der Waals surface area contributed by atoms with Crippen molar-refractivity contribution in [3.8, 4) is 0 Å². The van der Waals surface area contributed by atoms with Crippen molar-refractivity contribution < 1.29 is 9.59 Å². The number of hydrogen-bond acceptors (Lipinski definition) is 4. The number of thioether (sulfide) groups is 1. The van der Waals surface area contributed by atoms with Crippen LogP contribution in [0.15, 0.2) is 51.8 Å². The third-order valence-electron chi connectivity index (χ3n) is 6.15. The first-order valence-corrected chi connectivity index (χ1v) is 12.2. The van der Waals surface area contributed by atoms with E-state index in [0.717, 1.165) is 40.3 Å². The zero-order chi connectivity index (χ0) is 22.3. The average molecular weight is 499 g/mol. The highest BCUT2D eigenvalue weighted by molar-refractivity contribution is 9.10. The first kappa shape index (κ1) is 22.2. The van der Waals surface area contributed by atoms with Crippen LogP contribution < -0.4 is 4.90 Å². The van der Waals surface area contributed by atoms with Crippen LogP contribution in [0.2, 0.25) is 0 Å². The van der Waals surface area contributed by atoms with Gasteiger partial charge >= 0.3 is 0 Å². The van der Waals surface area contributed by atoms with E-state index in [0.29, 0.717) is 10.8 Å². The zero-order valence-electron chi connectivity index (χ0n) is 18.3. The topological polar surface area (TPSA) is 40.6 Å². The number of benzene rings is 2. The molecule has 0 aromatic heterocycles. The molecule has 1 saturated heterocycles. The van der Waals surface area contributed by atoms with Gasteiger partial charge in [-0.05, 0) is 91.9 Å². The molecule has 0 unspecified atom stereocenters. The van der Waals surface area contributed by atoms with Crippen molar-refractivity contribution in [2.45, 2.75) is 52.1 Å². The van der Waals surface area contributed by atoms with E-state index < -0.39 is 0 Å². The molecule has 31 heavy (non-hydrogen) atoms. The first-order chi connectivity index (χ1) is 14.7. The summed E-state index contributed by atoms with van der Waals surface area (Å²) in [4.78, 5) is 29.7. The molecule has 6 heteroatoms. The molecule has 4 nitrogen and oxygen atoms in total. The number of hydrogen-bond donors (Lipinski definition) is 0. The van der Waals surface area contributed by atoms with Gasteiger partial charge in [-0.2, -0.15) is 0 Å². The smallest absolute Gasteiger partial charge is 0.293 e. The molecule has 0 aliphatic carbocycles. The Morgan fingerprint density at radius 2 is 1.87 bits per heavy atom. The molecular formula is C25H27BrN2O2S. The molecule has 2 amide bonds. The minimum absolute atomic E-state index is 0.123. The Morgan fingerprint density at radius 1 is 1.16 bits per heavy atom. The lowest BCUT2D eigenvalue weighted by Crippen LogP contribution is -2.48. The van der Waals surface area contributed by atoms with Crippen LogP contribution in [-0.4, -0.2) is 28.1 Å². The molecule has 2 aliphatic heterocycles. The van der Waals surface area contributed by atoms with Gasteiger partial charge in [0.1, 0.15) is 0 Å². The number of nitrogens with zero attached hydrogens (tertiary/aromatic N) is 2. The molecule has 2 aromatic rings. The molecule has 4 rings (SSSR count). The highest BCUT2D eigenvalue weighted by Gasteiger charge is 2.37. The zero-order valence-corrected chi connectivity index (χ0v) is 20.7. The third-order valence-corrected chi connectivity index (χ3v) is 7.59. The predicted octanol–water partition coefficient (Wildman–Crippen LogP) is 6.80. The lowest BCUT2D eigenvalue weighted by molar-refractivity contribution is -0.123. The molecule has 0 spiro atoms. The van der Waals surface area contributed by atoms with Crippen molar-refractivity contribution in [3.63, 3.8) is 0 Å². The second kappa shape index (κ2) is 8.47. The minimum Gasteiger partial charge on any atom is -0.366 e. The number of halogens is 1. The van der Waals surface area contributed by atoms with Crippen LogP contribution in [0.1, 0.15) is 56.7 Å². The quantitative estimate of drug-likeness (QED) is 0.434. The first-order valence-electron chi connectivity index (χ1n) is 10.6. The summed E-state index contributed by atoms with van der Waals surface area (Å²) in [7, 11) is 0. The van der Waals surface area contributed by atoms with Gasteiger partial charge in [-0.15, -0.1) is 0 Å². The van der Waals surface area contributed by atoms with Gasteiger partial charge in [-0.25, -0.2) is 0 Å². The van der Waals surface area contributed by atoms with Crippen LogP contribution >= 0.6 is 27.7 Å². The van der Waals surface area contributed by atoms with E-state index in [2.05, 4.69) is 66.7 Å². The number of carbonyl (C=O) groups is 2. The lowest BCUT2D eigenvalue weighted by atomic mass is 9.79. The fraction of sp³-hybridized carbons (Fsp3) is 0.360. The Morgan fingerprint density at radius 3 is 2.55 bits per heavy atom.